The standard InChI is InChI=1S/C7H10/c1-5-2-3-6-4-7(5)6/h6-7H,1-4H2. The van der Waals surface area contributed by atoms with Crippen molar-refractivity contribution in [1.29, 1.82) is 0 Å². The van der Waals surface area contributed by atoms with Gasteiger partial charge in [-0.15, -0.1) is 0 Å². The summed E-state index contributed by atoms with van der Waals surface area (Å²) in [6, 6.07) is 0. The number of hydrogen-bond donors (Lipinski definition) is 0. The maximum atomic E-state index is 3.98. The van der Waals surface area contributed by atoms with Crippen molar-refractivity contribution in [3.8, 4) is 0 Å². The van der Waals surface area contributed by atoms with Crippen LogP contribution in [0.5, 0.6) is 0 Å². The Balaban J connectivity index is 2.21. The molecule has 2 aliphatic rings. The van der Waals surface area contributed by atoms with Crippen LogP contribution in [0.3, 0.4) is 0 Å². The van der Waals surface area contributed by atoms with Crippen LogP contribution in [0, 0.1) is 11.8 Å². The van der Waals surface area contributed by atoms with E-state index >= 15 is 0 Å². The lowest BCUT2D eigenvalue weighted by Gasteiger charge is -1.88. The summed E-state index contributed by atoms with van der Waals surface area (Å²) in [5, 5.41) is 0. The van der Waals surface area contributed by atoms with E-state index in [4.69, 9.17) is 0 Å². The molecule has 0 saturated heterocycles. The summed E-state index contributed by atoms with van der Waals surface area (Å²) in [5.41, 5.74) is 1.53. The molecule has 0 aliphatic heterocycles. The summed E-state index contributed by atoms with van der Waals surface area (Å²) in [6.45, 7) is 3.98. The summed E-state index contributed by atoms with van der Waals surface area (Å²) in [6.07, 6.45) is 4.25. The molecule has 7 heavy (non-hydrogen) atoms. The lowest BCUT2D eigenvalue weighted by atomic mass is 10.2. The highest BCUT2D eigenvalue weighted by Crippen LogP contribution is 2.54. The number of allylic oxidation sites excluding steroid dienone is 1. The van der Waals surface area contributed by atoms with Gasteiger partial charge >= 0.3 is 0 Å². The van der Waals surface area contributed by atoms with Gasteiger partial charge in [-0.2, -0.15) is 0 Å². The maximum Gasteiger partial charge on any atom is -0.0174 e. The lowest BCUT2D eigenvalue weighted by Crippen LogP contribution is -1.72. The molecular formula is C7H10. The largest absolute Gasteiger partial charge is 0.0996 e. The molecule has 0 heterocycles. The van der Waals surface area contributed by atoms with E-state index in [-0.39, 0.29) is 0 Å². The molecule has 2 fully saturated rings. The number of hydrogen-bond acceptors (Lipinski definition) is 0. The van der Waals surface area contributed by atoms with Crippen molar-refractivity contribution in [2.45, 2.75) is 19.3 Å². The van der Waals surface area contributed by atoms with Crippen molar-refractivity contribution >= 4 is 0 Å². The Morgan fingerprint density at radius 2 is 2.43 bits per heavy atom. The van der Waals surface area contributed by atoms with Gasteiger partial charge in [-0.05, 0) is 31.1 Å². The molecule has 0 N–H and O–H groups in total. The molecule has 38 valence electrons. The minimum atomic E-state index is 0.986. The SMILES string of the molecule is C=C1CCC2CC12. The molecule has 2 saturated carbocycles. The fraction of sp³-hybridized carbons (Fsp3) is 0.714. The molecule has 2 atom stereocenters. The molecule has 0 aromatic carbocycles. The first-order chi connectivity index (χ1) is 3.38. The average molecular weight is 94.2 g/mol. The van der Waals surface area contributed by atoms with Gasteiger partial charge in [0, 0.05) is 0 Å². The highest BCUT2D eigenvalue weighted by molar-refractivity contribution is 5.17. The summed E-state index contributed by atoms with van der Waals surface area (Å²) in [5.74, 6) is 2.08. The van der Waals surface area contributed by atoms with Gasteiger partial charge in [-0.3, -0.25) is 0 Å². The van der Waals surface area contributed by atoms with Crippen LogP contribution in [0.4, 0.5) is 0 Å². The van der Waals surface area contributed by atoms with Crippen molar-refractivity contribution in [2.75, 3.05) is 0 Å². The predicted octanol–water partition coefficient (Wildman–Crippen LogP) is 1.97. The van der Waals surface area contributed by atoms with E-state index in [0.29, 0.717) is 0 Å². The van der Waals surface area contributed by atoms with Gasteiger partial charge in [0.1, 0.15) is 0 Å². The highest BCUT2D eigenvalue weighted by atomic mass is 14.5. The summed E-state index contributed by atoms with van der Waals surface area (Å²) < 4.78 is 0. The zero-order valence-corrected chi connectivity index (χ0v) is 4.48. The Hall–Kier alpha value is -0.260. The van der Waals surface area contributed by atoms with Crippen molar-refractivity contribution in [3.63, 3.8) is 0 Å². The van der Waals surface area contributed by atoms with Gasteiger partial charge in [0.25, 0.3) is 0 Å². The van der Waals surface area contributed by atoms with E-state index in [1.807, 2.05) is 0 Å². The van der Waals surface area contributed by atoms with E-state index < -0.39 is 0 Å². The summed E-state index contributed by atoms with van der Waals surface area (Å²) >= 11 is 0. The van der Waals surface area contributed by atoms with E-state index in [0.717, 1.165) is 11.8 Å². The van der Waals surface area contributed by atoms with Crippen molar-refractivity contribution < 1.29 is 0 Å². The molecule has 2 rings (SSSR count). The smallest absolute Gasteiger partial charge is 0.0174 e. The maximum absolute atomic E-state index is 3.98. The zero-order chi connectivity index (χ0) is 4.85. The second-order valence-electron chi connectivity index (χ2n) is 2.80. The fourth-order valence-electron chi connectivity index (χ4n) is 1.62. The second kappa shape index (κ2) is 0.936. The van der Waals surface area contributed by atoms with Gasteiger partial charge < -0.3 is 0 Å². The third kappa shape index (κ3) is 0.370. The van der Waals surface area contributed by atoms with Crippen molar-refractivity contribution in [2.24, 2.45) is 11.8 Å². The molecule has 0 radical (unpaired) electrons. The Bertz CT molecular complexity index is 113. The average Bonchev–Trinajstić information content (AvgIpc) is 2.33. The predicted molar refractivity (Wildman–Crippen MR) is 30.0 cm³/mol. The number of fused-ring (bicyclic) bond motifs is 1. The van der Waals surface area contributed by atoms with Crippen LogP contribution in [0.25, 0.3) is 0 Å². The summed E-state index contributed by atoms with van der Waals surface area (Å²) in [7, 11) is 0. The molecule has 0 heteroatoms. The molecule has 2 unspecified atom stereocenters. The Labute approximate surface area is 44.2 Å². The van der Waals surface area contributed by atoms with Crippen LogP contribution in [-0.2, 0) is 0 Å². The minimum absolute atomic E-state index is 0.986. The first kappa shape index (κ1) is 3.71. The molecule has 0 aromatic rings. The molecule has 0 spiro atoms. The summed E-state index contributed by atoms with van der Waals surface area (Å²) in [4.78, 5) is 0. The Morgan fingerprint density at radius 3 is 2.57 bits per heavy atom. The van der Waals surface area contributed by atoms with Crippen LogP contribution >= 0.6 is 0 Å². The van der Waals surface area contributed by atoms with Gasteiger partial charge in [0.15, 0.2) is 0 Å². The molecule has 0 aromatic heterocycles. The van der Waals surface area contributed by atoms with Gasteiger partial charge in [0.2, 0.25) is 0 Å². The topological polar surface area (TPSA) is 0 Å². The van der Waals surface area contributed by atoms with Crippen LogP contribution in [0.1, 0.15) is 19.3 Å². The van der Waals surface area contributed by atoms with Crippen LogP contribution in [0.15, 0.2) is 12.2 Å². The lowest BCUT2D eigenvalue weighted by molar-refractivity contribution is 0.786. The third-order valence-electron chi connectivity index (χ3n) is 2.28. The quantitative estimate of drug-likeness (QED) is 0.402. The van der Waals surface area contributed by atoms with Crippen molar-refractivity contribution in [3.05, 3.63) is 12.2 Å². The van der Waals surface area contributed by atoms with Crippen LogP contribution < -0.4 is 0 Å². The van der Waals surface area contributed by atoms with E-state index in [2.05, 4.69) is 6.58 Å². The molecular weight excluding hydrogens is 84.1 g/mol. The normalized spacial score (nSPS) is 46.6. The minimum Gasteiger partial charge on any atom is -0.0996 e. The fourth-order valence-corrected chi connectivity index (χ4v) is 1.62. The van der Waals surface area contributed by atoms with E-state index in [1.54, 1.807) is 0 Å². The molecule has 0 amide bonds. The first-order valence-electron chi connectivity index (χ1n) is 3.05. The van der Waals surface area contributed by atoms with Crippen LogP contribution in [-0.4, -0.2) is 0 Å². The van der Waals surface area contributed by atoms with Crippen LogP contribution in [0.2, 0.25) is 0 Å². The monoisotopic (exact) mass is 94.1 g/mol. The first-order valence-corrected chi connectivity index (χ1v) is 3.05. The third-order valence-corrected chi connectivity index (χ3v) is 2.28. The van der Waals surface area contributed by atoms with Crippen molar-refractivity contribution in [1.82, 2.24) is 0 Å². The molecule has 0 bridgehead atoms. The molecule has 2 aliphatic carbocycles. The Morgan fingerprint density at radius 1 is 1.57 bits per heavy atom. The zero-order valence-electron chi connectivity index (χ0n) is 4.48. The van der Waals surface area contributed by atoms with E-state index in [1.165, 1.54) is 24.8 Å². The van der Waals surface area contributed by atoms with Gasteiger partial charge in [0.05, 0.1) is 0 Å². The number of rotatable bonds is 0. The Kier molecular flexibility index (Phi) is 0.495. The second-order valence-corrected chi connectivity index (χ2v) is 2.80. The molecule has 0 nitrogen and oxygen atoms in total. The highest BCUT2D eigenvalue weighted by Gasteiger charge is 2.43. The van der Waals surface area contributed by atoms with Gasteiger partial charge in [-0.25, -0.2) is 0 Å². The van der Waals surface area contributed by atoms with E-state index in [9.17, 15) is 0 Å². The van der Waals surface area contributed by atoms with Gasteiger partial charge in [-0.1, -0.05) is 12.2 Å².